The maximum Gasteiger partial charge on any atom is 0.354 e. The molecule has 0 bridgehead atoms. The third-order valence-corrected chi connectivity index (χ3v) is 2.64. The number of phenols is 1. The number of aromatic nitrogens is 1. The Kier molecular flexibility index (Phi) is 3.41. The van der Waals surface area contributed by atoms with Crippen LogP contribution in [-0.2, 0) is 9.47 Å². The lowest BCUT2D eigenvalue weighted by Gasteiger charge is -2.04. The molecule has 0 saturated carbocycles. The van der Waals surface area contributed by atoms with Crippen LogP contribution in [0, 0.1) is 0 Å². The number of esters is 2. The lowest BCUT2D eigenvalue weighted by molar-refractivity contribution is 0.0522. The number of ether oxygens (including phenoxy) is 2. The van der Waals surface area contributed by atoms with Crippen molar-refractivity contribution in [1.82, 2.24) is 4.98 Å². The average Bonchev–Trinajstić information content (AvgIpc) is 2.79. The number of aromatic hydroxyl groups is 1. The molecule has 0 aliphatic carbocycles. The predicted molar refractivity (Wildman–Crippen MR) is 67.3 cm³/mol. The van der Waals surface area contributed by atoms with Crippen molar-refractivity contribution in [3.8, 4) is 5.75 Å². The average molecular weight is 263 g/mol. The Bertz CT molecular complexity index is 644. The van der Waals surface area contributed by atoms with Crippen molar-refractivity contribution < 1.29 is 24.2 Å². The third-order valence-electron chi connectivity index (χ3n) is 2.64. The lowest BCUT2D eigenvalue weighted by atomic mass is 10.1. The van der Waals surface area contributed by atoms with E-state index in [-0.39, 0.29) is 23.6 Å². The summed E-state index contributed by atoms with van der Waals surface area (Å²) in [7, 11) is 1.27. The molecule has 6 nitrogen and oxygen atoms in total. The van der Waals surface area contributed by atoms with E-state index in [9.17, 15) is 14.7 Å². The first-order valence-corrected chi connectivity index (χ1v) is 5.68. The van der Waals surface area contributed by atoms with Crippen molar-refractivity contribution in [2.75, 3.05) is 13.7 Å². The molecule has 0 radical (unpaired) electrons. The van der Waals surface area contributed by atoms with E-state index in [0.29, 0.717) is 10.9 Å². The first-order valence-electron chi connectivity index (χ1n) is 5.68. The minimum absolute atomic E-state index is 0.0487. The van der Waals surface area contributed by atoms with Crippen LogP contribution >= 0.6 is 0 Å². The highest BCUT2D eigenvalue weighted by Crippen LogP contribution is 2.26. The minimum atomic E-state index is -0.615. The van der Waals surface area contributed by atoms with Gasteiger partial charge < -0.3 is 19.6 Å². The minimum Gasteiger partial charge on any atom is -0.507 e. The van der Waals surface area contributed by atoms with Gasteiger partial charge in [-0.05, 0) is 25.1 Å². The quantitative estimate of drug-likeness (QED) is 0.825. The van der Waals surface area contributed by atoms with E-state index in [2.05, 4.69) is 9.72 Å². The summed E-state index contributed by atoms with van der Waals surface area (Å²) in [6.45, 7) is 1.89. The van der Waals surface area contributed by atoms with Crippen LogP contribution < -0.4 is 0 Å². The molecule has 1 heterocycles. The summed E-state index contributed by atoms with van der Waals surface area (Å²) in [6, 6.07) is 4.37. The second kappa shape index (κ2) is 5.01. The molecule has 1 aromatic carbocycles. The molecule has 0 spiro atoms. The number of H-pyrrole nitrogens is 1. The van der Waals surface area contributed by atoms with Gasteiger partial charge in [0.2, 0.25) is 0 Å². The van der Waals surface area contributed by atoms with E-state index in [1.54, 1.807) is 6.92 Å². The number of nitrogens with one attached hydrogen (secondary N) is 1. The largest absolute Gasteiger partial charge is 0.507 e. The molecule has 100 valence electrons. The zero-order chi connectivity index (χ0) is 14.0. The molecule has 0 aliphatic rings. The number of phenolic OH excluding ortho intramolecular Hbond substituents is 1. The summed E-state index contributed by atoms with van der Waals surface area (Å²) in [5.41, 5.74) is 0.840. The Hall–Kier alpha value is -2.50. The second-order valence-electron chi connectivity index (χ2n) is 3.85. The molecular weight excluding hydrogens is 250 g/mol. The number of benzene rings is 1. The summed E-state index contributed by atoms with van der Waals surface area (Å²) >= 11 is 0. The van der Waals surface area contributed by atoms with Crippen LogP contribution in [0.4, 0.5) is 0 Å². The molecule has 2 aromatic rings. The molecule has 0 fully saturated rings. The highest BCUT2D eigenvalue weighted by molar-refractivity contribution is 6.00. The predicted octanol–water partition coefficient (Wildman–Crippen LogP) is 1.84. The van der Waals surface area contributed by atoms with Crippen LogP contribution in [0.2, 0.25) is 0 Å². The summed E-state index contributed by atoms with van der Waals surface area (Å²) in [5, 5.41) is 10.4. The zero-order valence-electron chi connectivity index (χ0n) is 10.5. The van der Waals surface area contributed by atoms with Crippen LogP contribution in [-0.4, -0.2) is 35.7 Å². The molecular formula is C13H13NO5. The molecule has 0 saturated heterocycles. The number of carbonyl (C=O) groups excluding carboxylic acids is 2. The van der Waals surface area contributed by atoms with Crippen molar-refractivity contribution in [3.05, 3.63) is 29.5 Å². The van der Waals surface area contributed by atoms with Crippen molar-refractivity contribution in [3.63, 3.8) is 0 Å². The lowest BCUT2D eigenvalue weighted by Crippen LogP contribution is -2.04. The standard InChI is InChI=1S/C13H13NO5/c1-3-19-12(16)8-6-9-7(5-11(8)15)4-10(14-9)13(17)18-2/h4-6,14-15H,3H2,1-2H3. The Labute approximate surface area is 108 Å². The zero-order valence-corrected chi connectivity index (χ0v) is 10.5. The Balaban J connectivity index is 2.49. The van der Waals surface area contributed by atoms with Gasteiger partial charge in [-0.2, -0.15) is 0 Å². The van der Waals surface area contributed by atoms with Crippen LogP contribution in [0.5, 0.6) is 5.75 Å². The smallest absolute Gasteiger partial charge is 0.354 e. The SMILES string of the molecule is CCOC(=O)c1cc2[nH]c(C(=O)OC)cc2cc1O. The molecule has 6 heteroatoms. The number of fused-ring (bicyclic) bond motifs is 1. The van der Waals surface area contributed by atoms with E-state index >= 15 is 0 Å². The normalized spacial score (nSPS) is 10.4. The van der Waals surface area contributed by atoms with Gasteiger partial charge in [-0.25, -0.2) is 9.59 Å². The summed E-state index contributed by atoms with van der Waals surface area (Å²) in [5.74, 6) is -1.33. The number of aromatic amines is 1. The fourth-order valence-corrected chi connectivity index (χ4v) is 1.76. The number of hydrogen-bond donors (Lipinski definition) is 2. The Morgan fingerprint density at radius 3 is 2.63 bits per heavy atom. The maximum atomic E-state index is 11.6. The molecule has 2 N–H and O–H groups in total. The number of hydrogen-bond acceptors (Lipinski definition) is 5. The molecule has 19 heavy (non-hydrogen) atoms. The van der Waals surface area contributed by atoms with Crippen molar-refractivity contribution >= 4 is 22.8 Å². The van der Waals surface area contributed by atoms with E-state index in [1.807, 2.05) is 0 Å². The molecule has 0 unspecified atom stereocenters. The maximum absolute atomic E-state index is 11.6. The first kappa shape index (κ1) is 12.9. The van der Waals surface area contributed by atoms with Crippen molar-refractivity contribution in [2.45, 2.75) is 6.92 Å². The van der Waals surface area contributed by atoms with E-state index < -0.39 is 11.9 Å². The van der Waals surface area contributed by atoms with Gasteiger partial charge in [0, 0.05) is 10.9 Å². The van der Waals surface area contributed by atoms with Gasteiger partial charge in [-0.15, -0.1) is 0 Å². The van der Waals surface area contributed by atoms with Crippen LogP contribution in [0.15, 0.2) is 18.2 Å². The number of methoxy groups -OCH3 is 1. The van der Waals surface area contributed by atoms with Gasteiger partial charge >= 0.3 is 11.9 Å². The Morgan fingerprint density at radius 2 is 2.00 bits per heavy atom. The van der Waals surface area contributed by atoms with E-state index in [0.717, 1.165) is 0 Å². The van der Waals surface area contributed by atoms with Crippen molar-refractivity contribution in [2.24, 2.45) is 0 Å². The molecule has 0 aliphatic heterocycles. The van der Waals surface area contributed by atoms with Gasteiger partial charge in [0.1, 0.15) is 17.0 Å². The van der Waals surface area contributed by atoms with E-state index in [4.69, 9.17) is 4.74 Å². The molecule has 0 atom stereocenters. The van der Waals surface area contributed by atoms with Crippen LogP contribution in [0.3, 0.4) is 0 Å². The summed E-state index contributed by atoms with van der Waals surface area (Å²) in [6.07, 6.45) is 0. The fourth-order valence-electron chi connectivity index (χ4n) is 1.76. The van der Waals surface area contributed by atoms with Crippen molar-refractivity contribution in [1.29, 1.82) is 0 Å². The number of carbonyl (C=O) groups is 2. The second-order valence-corrected chi connectivity index (χ2v) is 3.85. The van der Waals surface area contributed by atoms with Crippen LogP contribution in [0.1, 0.15) is 27.8 Å². The molecule has 1 aromatic heterocycles. The monoisotopic (exact) mass is 263 g/mol. The molecule has 2 rings (SSSR count). The van der Waals surface area contributed by atoms with Gasteiger partial charge in [0.25, 0.3) is 0 Å². The fraction of sp³-hybridized carbons (Fsp3) is 0.231. The van der Waals surface area contributed by atoms with Gasteiger partial charge in [0.05, 0.1) is 13.7 Å². The van der Waals surface area contributed by atoms with Gasteiger partial charge in [-0.1, -0.05) is 0 Å². The highest BCUT2D eigenvalue weighted by atomic mass is 16.5. The Morgan fingerprint density at radius 1 is 1.26 bits per heavy atom. The van der Waals surface area contributed by atoms with Gasteiger partial charge in [-0.3, -0.25) is 0 Å². The van der Waals surface area contributed by atoms with Gasteiger partial charge in [0.15, 0.2) is 0 Å². The van der Waals surface area contributed by atoms with E-state index in [1.165, 1.54) is 25.3 Å². The summed E-state index contributed by atoms with van der Waals surface area (Å²) in [4.78, 5) is 25.8. The van der Waals surface area contributed by atoms with Crippen LogP contribution in [0.25, 0.3) is 10.9 Å². The highest BCUT2D eigenvalue weighted by Gasteiger charge is 2.16. The molecule has 0 amide bonds. The first-order chi connectivity index (χ1) is 9.06. The topological polar surface area (TPSA) is 88.6 Å². The third kappa shape index (κ3) is 2.37. The summed E-state index contributed by atoms with van der Waals surface area (Å²) < 4.78 is 9.42. The number of rotatable bonds is 3.